The summed E-state index contributed by atoms with van der Waals surface area (Å²) in [6.45, 7) is 7.70. The fraction of sp³-hybridized carbons (Fsp3) is 0.381. The van der Waals surface area contributed by atoms with E-state index in [1.54, 1.807) is 17.0 Å². The van der Waals surface area contributed by atoms with Gasteiger partial charge >= 0.3 is 12.2 Å². The second-order valence-corrected chi connectivity index (χ2v) is 7.57. The molecule has 1 heterocycles. The van der Waals surface area contributed by atoms with Crippen molar-refractivity contribution in [2.45, 2.75) is 30.2 Å². The van der Waals surface area contributed by atoms with Crippen LogP contribution in [0.25, 0.3) is 0 Å². The number of amides is 3. The Balaban J connectivity index is 2.15. The zero-order valence-electron chi connectivity index (χ0n) is 16.7. The molecule has 1 aliphatic rings. The van der Waals surface area contributed by atoms with Crippen molar-refractivity contribution in [3.63, 3.8) is 0 Å². The van der Waals surface area contributed by atoms with E-state index < -0.39 is 24.1 Å². The molecule has 9 heteroatoms. The van der Waals surface area contributed by atoms with E-state index >= 15 is 0 Å². The molecule has 2 rings (SSSR count). The van der Waals surface area contributed by atoms with E-state index in [1.165, 1.54) is 12.2 Å². The first kappa shape index (κ1) is 23.3. The van der Waals surface area contributed by atoms with Crippen LogP contribution in [-0.4, -0.2) is 48.0 Å². The quantitative estimate of drug-likeness (QED) is 0.410. The topological polar surface area (TPSA) is 111 Å². The molecule has 1 aromatic carbocycles. The van der Waals surface area contributed by atoms with Gasteiger partial charge in [-0.3, -0.25) is 4.79 Å². The number of thiol groups is 1. The molecule has 1 aliphatic heterocycles. The molecule has 1 saturated heterocycles. The third kappa shape index (κ3) is 6.55. The maximum absolute atomic E-state index is 12.3. The van der Waals surface area contributed by atoms with Crippen molar-refractivity contribution in [3.8, 4) is 0 Å². The number of primary amides is 1. The van der Waals surface area contributed by atoms with Crippen molar-refractivity contribution in [1.29, 1.82) is 0 Å². The Kier molecular flexibility index (Phi) is 8.79. The number of benzene rings is 1. The molecule has 0 saturated carbocycles. The Hall–Kier alpha value is -2.94. The summed E-state index contributed by atoms with van der Waals surface area (Å²) in [5.74, 6) is -0.557. The van der Waals surface area contributed by atoms with Gasteiger partial charge in [-0.15, -0.1) is 0 Å². The largest absolute Gasteiger partial charge is 0.445 e. The van der Waals surface area contributed by atoms with Crippen molar-refractivity contribution in [2.75, 3.05) is 19.8 Å². The Morgan fingerprint density at radius 2 is 1.83 bits per heavy atom. The van der Waals surface area contributed by atoms with Gasteiger partial charge in [0.25, 0.3) is 0 Å². The summed E-state index contributed by atoms with van der Waals surface area (Å²) in [5, 5.41) is 2.67. The van der Waals surface area contributed by atoms with Gasteiger partial charge in [-0.25, -0.2) is 9.59 Å². The molecule has 0 bridgehead atoms. The molecule has 0 aromatic heterocycles. The normalized spacial score (nSPS) is 18.9. The van der Waals surface area contributed by atoms with Crippen LogP contribution in [0.5, 0.6) is 0 Å². The Morgan fingerprint density at radius 1 is 1.20 bits per heavy atom. The molecule has 3 N–H and O–H groups in total. The first-order valence-electron chi connectivity index (χ1n) is 9.50. The molecule has 30 heavy (non-hydrogen) atoms. The zero-order chi connectivity index (χ0) is 22.1. The smallest absolute Gasteiger partial charge is 0.410 e. The lowest BCUT2D eigenvalue weighted by molar-refractivity contribution is -0.118. The van der Waals surface area contributed by atoms with Crippen molar-refractivity contribution >= 4 is 30.7 Å². The minimum atomic E-state index is -0.671. The number of hydrogen-bond donors (Lipinski definition) is 3. The number of nitrogens with one attached hydrogen (secondary N) is 1. The van der Waals surface area contributed by atoms with Crippen LogP contribution < -0.4 is 11.1 Å². The number of ether oxygens (including phenoxy) is 2. The lowest BCUT2D eigenvalue weighted by Gasteiger charge is -2.24. The Morgan fingerprint density at radius 3 is 2.43 bits per heavy atom. The van der Waals surface area contributed by atoms with E-state index in [0.29, 0.717) is 18.5 Å². The van der Waals surface area contributed by atoms with Crippen LogP contribution in [0.4, 0.5) is 9.59 Å². The predicted molar refractivity (Wildman–Crippen MR) is 116 cm³/mol. The average molecular weight is 434 g/mol. The zero-order valence-corrected chi connectivity index (χ0v) is 17.6. The van der Waals surface area contributed by atoms with Gasteiger partial charge in [0.1, 0.15) is 13.2 Å². The summed E-state index contributed by atoms with van der Waals surface area (Å²) < 4.78 is 10.1. The van der Waals surface area contributed by atoms with Gasteiger partial charge in [0, 0.05) is 11.8 Å². The fourth-order valence-corrected chi connectivity index (χ4v) is 3.64. The van der Waals surface area contributed by atoms with Gasteiger partial charge in [-0.2, -0.15) is 12.6 Å². The molecule has 8 nitrogen and oxygen atoms in total. The molecule has 0 spiro atoms. The summed E-state index contributed by atoms with van der Waals surface area (Å²) in [5.41, 5.74) is 6.91. The first-order chi connectivity index (χ1) is 14.3. The SMILES string of the molecule is C=CCOC(=O)N[C@@H](CC(N)=O)c1ccc([C@H]2C[C@H](S)CN2C(=O)OCC=C)cc1. The molecule has 3 atom stereocenters. The third-order valence-corrected chi connectivity index (χ3v) is 4.97. The van der Waals surface area contributed by atoms with Crippen molar-refractivity contribution < 1.29 is 23.9 Å². The molecule has 0 aliphatic carbocycles. The number of hydrogen-bond acceptors (Lipinski definition) is 6. The van der Waals surface area contributed by atoms with Gasteiger partial charge in [-0.05, 0) is 17.5 Å². The number of rotatable bonds is 9. The molecule has 0 radical (unpaired) electrons. The van der Waals surface area contributed by atoms with Crippen LogP contribution in [-0.2, 0) is 14.3 Å². The molecule has 0 unspecified atom stereocenters. The molecule has 162 valence electrons. The van der Waals surface area contributed by atoms with Crippen molar-refractivity contribution in [2.24, 2.45) is 5.73 Å². The maximum atomic E-state index is 12.3. The van der Waals surface area contributed by atoms with Crippen LogP contribution >= 0.6 is 12.6 Å². The van der Waals surface area contributed by atoms with Gasteiger partial charge < -0.3 is 25.4 Å². The van der Waals surface area contributed by atoms with E-state index in [-0.39, 0.29) is 30.9 Å². The number of nitrogens with zero attached hydrogens (tertiary/aromatic N) is 1. The standard InChI is InChI=1S/C21H27N3O5S/c1-3-9-28-20(26)23-17(12-19(22)25)14-5-7-15(8-6-14)18-11-16(30)13-24(18)21(27)29-10-4-2/h3-8,16-18,30H,1-2,9-13H2,(H2,22,25)(H,23,26)/t16-,17-,18+/m0/s1. The highest BCUT2D eigenvalue weighted by Gasteiger charge is 2.35. The number of alkyl carbamates (subject to hydrolysis) is 1. The van der Waals surface area contributed by atoms with Crippen LogP contribution in [0.2, 0.25) is 0 Å². The van der Waals surface area contributed by atoms with E-state index in [2.05, 4.69) is 31.1 Å². The van der Waals surface area contributed by atoms with E-state index in [0.717, 1.165) is 5.56 Å². The Bertz CT molecular complexity index is 783. The summed E-state index contributed by atoms with van der Waals surface area (Å²) in [6, 6.07) is 6.46. The lowest BCUT2D eigenvalue weighted by Crippen LogP contribution is -2.33. The van der Waals surface area contributed by atoms with Gasteiger partial charge in [0.05, 0.1) is 18.5 Å². The minimum absolute atomic E-state index is 0.0369. The Labute approximate surface area is 181 Å². The first-order valence-corrected chi connectivity index (χ1v) is 10.0. The highest BCUT2D eigenvalue weighted by Crippen LogP contribution is 2.35. The molecule has 1 aromatic rings. The maximum Gasteiger partial charge on any atom is 0.410 e. The number of likely N-dealkylation sites (tertiary alicyclic amines) is 1. The highest BCUT2D eigenvalue weighted by molar-refractivity contribution is 7.81. The van der Waals surface area contributed by atoms with Crippen molar-refractivity contribution in [1.82, 2.24) is 10.2 Å². The van der Waals surface area contributed by atoms with Crippen LogP contribution in [0.3, 0.4) is 0 Å². The highest BCUT2D eigenvalue weighted by atomic mass is 32.1. The molecule has 3 amide bonds. The minimum Gasteiger partial charge on any atom is -0.445 e. The van der Waals surface area contributed by atoms with Crippen LogP contribution in [0.1, 0.15) is 36.1 Å². The molecular weight excluding hydrogens is 406 g/mol. The molecular formula is C21H27N3O5S. The summed E-state index contributed by atoms with van der Waals surface area (Å²) in [7, 11) is 0. The predicted octanol–water partition coefficient (Wildman–Crippen LogP) is 2.88. The number of carbonyl (C=O) groups is 3. The van der Waals surface area contributed by atoms with Gasteiger partial charge in [0.2, 0.25) is 5.91 Å². The second-order valence-electron chi connectivity index (χ2n) is 6.84. The van der Waals surface area contributed by atoms with E-state index in [9.17, 15) is 14.4 Å². The summed E-state index contributed by atoms with van der Waals surface area (Å²) >= 11 is 4.51. The van der Waals surface area contributed by atoms with Crippen LogP contribution in [0.15, 0.2) is 49.6 Å². The average Bonchev–Trinajstić information content (AvgIpc) is 3.11. The summed E-state index contributed by atoms with van der Waals surface area (Å²) in [6.07, 6.45) is 2.48. The monoisotopic (exact) mass is 433 g/mol. The summed E-state index contributed by atoms with van der Waals surface area (Å²) in [4.78, 5) is 37.3. The fourth-order valence-electron chi connectivity index (χ4n) is 3.27. The molecule has 1 fully saturated rings. The second kappa shape index (κ2) is 11.3. The number of carbonyl (C=O) groups excluding carboxylic acids is 3. The van der Waals surface area contributed by atoms with Gasteiger partial charge in [-0.1, -0.05) is 49.6 Å². The third-order valence-electron chi connectivity index (χ3n) is 4.59. The van der Waals surface area contributed by atoms with E-state index in [1.807, 2.05) is 12.1 Å². The van der Waals surface area contributed by atoms with Crippen LogP contribution in [0, 0.1) is 0 Å². The lowest BCUT2D eigenvalue weighted by atomic mass is 9.98. The van der Waals surface area contributed by atoms with Gasteiger partial charge in [0.15, 0.2) is 0 Å². The van der Waals surface area contributed by atoms with E-state index in [4.69, 9.17) is 15.2 Å². The number of nitrogens with two attached hydrogens (primary N) is 1. The van der Waals surface area contributed by atoms with Crippen molar-refractivity contribution in [3.05, 3.63) is 60.7 Å².